The fourth-order valence-corrected chi connectivity index (χ4v) is 2.02. The predicted octanol–water partition coefficient (Wildman–Crippen LogP) is 4.60. The largest absolute Gasteiger partial charge is 0.294 e. The molecule has 2 rings (SSSR count). The zero-order chi connectivity index (χ0) is 13.5. The Morgan fingerprint density at radius 3 is 2.11 bits per heavy atom. The lowest BCUT2D eigenvalue weighted by atomic mass is 9.97. The zero-order valence-electron chi connectivity index (χ0n) is 11.2. The minimum atomic E-state index is 0.206. The van der Waals surface area contributed by atoms with Crippen LogP contribution in [0, 0.1) is 0 Å². The van der Waals surface area contributed by atoms with Crippen molar-refractivity contribution in [2.24, 2.45) is 0 Å². The molecule has 0 saturated heterocycles. The molecule has 0 bridgehead atoms. The smallest absolute Gasteiger partial charge is 0.163 e. The molecule has 2 aromatic rings. The summed E-state index contributed by atoms with van der Waals surface area (Å²) in [7, 11) is 0. The summed E-state index contributed by atoms with van der Waals surface area (Å²) in [6, 6.07) is 19.9. The molecule has 0 heterocycles. The maximum atomic E-state index is 12.3. The van der Waals surface area contributed by atoms with Crippen LogP contribution in [-0.2, 0) is 4.79 Å². The zero-order valence-corrected chi connectivity index (χ0v) is 11.2. The van der Waals surface area contributed by atoms with Gasteiger partial charge in [-0.25, -0.2) is 0 Å². The molecule has 0 saturated carbocycles. The minimum absolute atomic E-state index is 0.206. The molecule has 0 aliphatic heterocycles. The Labute approximate surface area is 114 Å². The van der Waals surface area contributed by atoms with Crippen LogP contribution in [0.15, 0.2) is 60.7 Å². The van der Waals surface area contributed by atoms with Crippen molar-refractivity contribution in [3.05, 3.63) is 71.8 Å². The number of benzene rings is 2. The van der Waals surface area contributed by atoms with Crippen molar-refractivity contribution in [3.8, 4) is 0 Å². The Kier molecular flexibility index (Phi) is 4.68. The van der Waals surface area contributed by atoms with Crippen molar-refractivity contribution in [3.63, 3.8) is 0 Å². The predicted molar refractivity (Wildman–Crippen MR) is 80.7 cm³/mol. The van der Waals surface area contributed by atoms with Crippen LogP contribution in [-0.4, -0.2) is 5.78 Å². The normalized spacial score (nSPS) is 11.3. The summed E-state index contributed by atoms with van der Waals surface area (Å²) in [4.78, 5) is 12.3. The standard InChI is InChI=1S/C18H18O/c1-2-9-18(19)17(16-12-7-4-8-13-16)14-15-10-5-3-6-11-15/h3-8,10-14H,2,9H2,1H3. The van der Waals surface area contributed by atoms with Gasteiger partial charge in [-0.2, -0.15) is 0 Å². The van der Waals surface area contributed by atoms with Gasteiger partial charge in [0.1, 0.15) is 0 Å². The molecule has 2 aromatic carbocycles. The van der Waals surface area contributed by atoms with Gasteiger partial charge in [0.25, 0.3) is 0 Å². The van der Waals surface area contributed by atoms with Crippen molar-refractivity contribution in [1.82, 2.24) is 0 Å². The van der Waals surface area contributed by atoms with E-state index < -0.39 is 0 Å². The number of rotatable bonds is 5. The van der Waals surface area contributed by atoms with Crippen LogP contribution in [0.25, 0.3) is 11.6 Å². The van der Waals surface area contributed by atoms with Gasteiger partial charge in [-0.1, -0.05) is 67.6 Å². The maximum absolute atomic E-state index is 12.3. The molecule has 1 heteroatoms. The first-order valence-corrected chi connectivity index (χ1v) is 6.66. The van der Waals surface area contributed by atoms with Crippen LogP contribution in [0.2, 0.25) is 0 Å². The average Bonchev–Trinajstić information content (AvgIpc) is 2.47. The quantitative estimate of drug-likeness (QED) is 0.560. The van der Waals surface area contributed by atoms with Gasteiger partial charge in [-0.3, -0.25) is 4.79 Å². The summed E-state index contributed by atoms with van der Waals surface area (Å²) < 4.78 is 0. The van der Waals surface area contributed by atoms with Crippen LogP contribution in [0.5, 0.6) is 0 Å². The van der Waals surface area contributed by atoms with Gasteiger partial charge in [0.15, 0.2) is 5.78 Å². The SMILES string of the molecule is CCCC(=O)C(=Cc1ccccc1)c1ccccc1. The Morgan fingerprint density at radius 1 is 0.947 bits per heavy atom. The van der Waals surface area contributed by atoms with E-state index in [0.717, 1.165) is 23.1 Å². The summed E-state index contributed by atoms with van der Waals surface area (Å²) in [5.74, 6) is 0.206. The van der Waals surface area contributed by atoms with E-state index in [-0.39, 0.29) is 5.78 Å². The second kappa shape index (κ2) is 6.69. The molecule has 0 aliphatic carbocycles. The van der Waals surface area contributed by atoms with E-state index in [1.54, 1.807) is 0 Å². The van der Waals surface area contributed by atoms with E-state index in [1.807, 2.05) is 73.7 Å². The first-order chi connectivity index (χ1) is 9.31. The molecule has 19 heavy (non-hydrogen) atoms. The van der Waals surface area contributed by atoms with Gasteiger partial charge in [0.05, 0.1) is 0 Å². The lowest BCUT2D eigenvalue weighted by molar-refractivity contribution is -0.113. The monoisotopic (exact) mass is 250 g/mol. The molecule has 1 nitrogen and oxygen atoms in total. The van der Waals surface area contributed by atoms with Crippen molar-refractivity contribution in [2.45, 2.75) is 19.8 Å². The number of carbonyl (C=O) groups excluding carboxylic acids is 1. The second-order valence-electron chi connectivity index (χ2n) is 4.51. The highest BCUT2D eigenvalue weighted by atomic mass is 16.1. The molecule has 0 spiro atoms. The number of ketones is 1. The molecule has 0 aromatic heterocycles. The van der Waals surface area contributed by atoms with Crippen LogP contribution in [0.3, 0.4) is 0 Å². The van der Waals surface area contributed by atoms with Crippen LogP contribution < -0.4 is 0 Å². The fourth-order valence-electron chi connectivity index (χ4n) is 2.02. The van der Waals surface area contributed by atoms with Crippen LogP contribution in [0.4, 0.5) is 0 Å². The number of hydrogen-bond acceptors (Lipinski definition) is 1. The highest BCUT2D eigenvalue weighted by Crippen LogP contribution is 2.21. The van der Waals surface area contributed by atoms with E-state index in [1.165, 1.54) is 0 Å². The number of allylic oxidation sites excluding steroid dienone is 1. The van der Waals surface area contributed by atoms with Gasteiger partial charge in [-0.15, -0.1) is 0 Å². The topological polar surface area (TPSA) is 17.1 Å². The first-order valence-electron chi connectivity index (χ1n) is 6.66. The summed E-state index contributed by atoms with van der Waals surface area (Å²) in [5.41, 5.74) is 2.85. The summed E-state index contributed by atoms with van der Waals surface area (Å²) in [6.45, 7) is 2.03. The molecule has 0 fully saturated rings. The summed E-state index contributed by atoms with van der Waals surface area (Å²) >= 11 is 0. The molecule has 0 atom stereocenters. The molecule has 0 N–H and O–H groups in total. The lowest BCUT2D eigenvalue weighted by Crippen LogP contribution is -2.01. The van der Waals surface area contributed by atoms with E-state index in [2.05, 4.69) is 0 Å². The fraction of sp³-hybridized carbons (Fsp3) is 0.167. The third kappa shape index (κ3) is 3.65. The minimum Gasteiger partial charge on any atom is -0.294 e. The van der Waals surface area contributed by atoms with Gasteiger partial charge in [-0.05, 0) is 23.6 Å². The molecular formula is C18H18O. The Hall–Kier alpha value is -2.15. The molecule has 0 aliphatic rings. The van der Waals surface area contributed by atoms with Crippen molar-refractivity contribution >= 4 is 17.4 Å². The number of hydrogen-bond donors (Lipinski definition) is 0. The molecule has 0 amide bonds. The Bertz CT molecular complexity index is 553. The van der Waals surface area contributed by atoms with Crippen molar-refractivity contribution in [1.29, 1.82) is 0 Å². The third-order valence-electron chi connectivity index (χ3n) is 2.97. The second-order valence-corrected chi connectivity index (χ2v) is 4.51. The summed E-state index contributed by atoms with van der Waals surface area (Å²) in [5, 5.41) is 0. The lowest BCUT2D eigenvalue weighted by Gasteiger charge is -2.06. The molecular weight excluding hydrogens is 232 g/mol. The van der Waals surface area contributed by atoms with Gasteiger partial charge in [0, 0.05) is 12.0 Å². The van der Waals surface area contributed by atoms with Crippen molar-refractivity contribution in [2.75, 3.05) is 0 Å². The molecule has 0 unspecified atom stereocenters. The highest BCUT2D eigenvalue weighted by molar-refractivity contribution is 6.25. The van der Waals surface area contributed by atoms with Gasteiger partial charge < -0.3 is 0 Å². The first kappa shape index (κ1) is 13.3. The van der Waals surface area contributed by atoms with Crippen molar-refractivity contribution < 1.29 is 4.79 Å². The van der Waals surface area contributed by atoms with E-state index in [4.69, 9.17) is 0 Å². The molecule has 0 radical (unpaired) electrons. The van der Waals surface area contributed by atoms with E-state index >= 15 is 0 Å². The Balaban J connectivity index is 2.41. The highest BCUT2D eigenvalue weighted by Gasteiger charge is 2.10. The van der Waals surface area contributed by atoms with E-state index in [9.17, 15) is 4.79 Å². The van der Waals surface area contributed by atoms with Gasteiger partial charge >= 0.3 is 0 Å². The van der Waals surface area contributed by atoms with E-state index in [0.29, 0.717) is 6.42 Å². The summed E-state index contributed by atoms with van der Waals surface area (Å²) in [6.07, 6.45) is 3.44. The average molecular weight is 250 g/mol. The molecule has 96 valence electrons. The number of Topliss-reactive ketones (excluding diaryl/α,β-unsaturated/α-hetero) is 1. The maximum Gasteiger partial charge on any atom is 0.163 e. The third-order valence-corrected chi connectivity index (χ3v) is 2.97. The van der Waals surface area contributed by atoms with Gasteiger partial charge in [0.2, 0.25) is 0 Å². The Morgan fingerprint density at radius 2 is 1.53 bits per heavy atom. The van der Waals surface area contributed by atoms with Crippen LogP contribution in [0.1, 0.15) is 30.9 Å². The number of carbonyl (C=O) groups is 1. The van der Waals surface area contributed by atoms with Crippen LogP contribution >= 0.6 is 0 Å².